The molecule has 0 spiro atoms. The van der Waals surface area contributed by atoms with E-state index in [0.717, 1.165) is 12.8 Å². The van der Waals surface area contributed by atoms with Crippen molar-refractivity contribution in [2.75, 3.05) is 0 Å². The molecule has 0 saturated carbocycles. The van der Waals surface area contributed by atoms with Gasteiger partial charge in [-0.1, -0.05) is 116 Å². The van der Waals surface area contributed by atoms with Gasteiger partial charge in [0.15, 0.2) is 0 Å². The SMILES string of the molecule is CCCCCCc1ccccc1C(Cl)(CCCCCC)CCCCCC. The monoisotopic (exact) mass is 378 g/mol. The van der Waals surface area contributed by atoms with Gasteiger partial charge in [0.2, 0.25) is 0 Å². The van der Waals surface area contributed by atoms with E-state index in [1.165, 1.54) is 94.6 Å². The number of halogens is 1. The maximum absolute atomic E-state index is 7.37. The molecule has 0 nitrogen and oxygen atoms in total. The van der Waals surface area contributed by atoms with Crippen LogP contribution >= 0.6 is 11.6 Å². The number of hydrogen-bond acceptors (Lipinski definition) is 0. The van der Waals surface area contributed by atoms with E-state index >= 15 is 0 Å². The predicted molar refractivity (Wildman–Crippen MR) is 119 cm³/mol. The second kappa shape index (κ2) is 14.6. The molecule has 0 aliphatic rings. The Bertz CT molecular complexity index is 439. The highest BCUT2D eigenvalue weighted by Crippen LogP contribution is 2.41. The highest BCUT2D eigenvalue weighted by atomic mass is 35.5. The predicted octanol–water partition coefficient (Wildman–Crippen LogP) is 9.18. The van der Waals surface area contributed by atoms with E-state index in [0.29, 0.717) is 0 Å². The van der Waals surface area contributed by atoms with E-state index in [-0.39, 0.29) is 4.87 Å². The van der Waals surface area contributed by atoms with Gasteiger partial charge in [0, 0.05) is 0 Å². The van der Waals surface area contributed by atoms with Crippen molar-refractivity contribution in [2.45, 2.75) is 122 Å². The van der Waals surface area contributed by atoms with Crippen molar-refractivity contribution in [1.29, 1.82) is 0 Å². The van der Waals surface area contributed by atoms with Gasteiger partial charge in [-0.15, -0.1) is 11.6 Å². The van der Waals surface area contributed by atoms with E-state index in [1.807, 2.05) is 0 Å². The first-order valence-electron chi connectivity index (χ1n) is 11.4. The highest BCUT2D eigenvalue weighted by molar-refractivity contribution is 6.24. The van der Waals surface area contributed by atoms with Crippen LogP contribution in [0.25, 0.3) is 0 Å². The van der Waals surface area contributed by atoms with Gasteiger partial charge in [-0.2, -0.15) is 0 Å². The summed E-state index contributed by atoms with van der Waals surface area (Å²) in [7, 11) is 0. The molecule has 0 aromatic heterocycles. The Balaban J connectivity index is 2.82. The topological polar surface area (TPSA) is 0 Å². The Morgan fingerprint density at radius 2 is 1.15 bits per heavy atom. The normalized spacial score (nSPS) is 11.8. The fraction of sp³-hybridized carbons (Fsp3) is 0.760. The van der Waals surface area contributed by atoms with Crippen LogP contribution in [0.5, 0.6) is 0 Å². The van der Waals surface area contributed by atoms with Crippen LogP contribution in [0.2, 0.25) is 0 Å². The summed E-state index contributed by atoms with van der Waals surface area (Å²) in [4.78, 5) is -0.150. The highest BCUT2D eigenvalue weighted by Gasteiger charge is 2.30. The summed E-state index contributed by atoms with van der Waals surface area (Å²) in [5.41, 5.74) is 2.94. The molecule has 150 valence electrons. The molecule has 1 aromatic rings. The molecular weight excluding hydrogens is 336 g/mol. The van der Waals surface area contributed by atoms with Crippen LogP contribution in [0.15, 0.2) is 24.3 Å². The Labute approximate surface area is 169 Å². The average Bonchev–Trinajstić information content (AvgIpc) is 2.66. The summed E-state index contributed by atoms with van der Waals surface area (Å²) in [5.74, 6) is 0. The first kappa shape index (κ1) is 23.5. The van der Waals surface area contributed by atoms with E-state index in [2.05, 4.69) is 45.0 Å². The number of benzene rings is 1. The lowest BCUT2D eigenvalue weighted by Crippen LogP contribution is -2.21. The van der Waals surface area contributed by atoms with Crippen LogP contribution in [0.4, 0.5) is 0 Å². The standard InChI is InChI=1S/C25H43Cl/c1-4-7-10-13-18-23-19-14-15-20-24(23)25(26,21-16-11-8-5-2)22-17-12-9-6-3/h14-15,19-20H,4-13,16-18,21-22H2,1-3H3. The van der Waals surface area contributed by atoms with E-state index in [4.69, 9.17) is 11.6 Å². The van der Waals surface area contributed by atoms with Gasteiger partial charge in [-0.3, -0.25) is 0 Å². The number of unbranched alkanes of at least 4 members (excludes halogenated alkanes) is 9. The third-order valence-corrected chi connectivity index (χ3v) is 6.23. The first-order chi connectivity index (χ1) is 12.7. The van der Waals surface area contributed by atoms with Crippen LogP contribution in [-0.2, 0) is 11.3 Å². The maximum Gasteiger partial charge on any atom is 0.0697 e. The molecule has 0 unspecified atom stereocenters. The number of hydrogen-bond donors (Lipinski definition) is 0. The van der Waals surface area contributed by atoms with Gasteiger partial charge in [0.05, 0.1) is 4.87 Å². The van der Waals surface area contributed by atoms with E-state index in [9.17, 15) is 0 Å². The lowest BCUT2D eigenvalue weighted by molar-refractivity contribution is 0.447. The Morgan fingerprint density at radius 3 is 1.69 bits per heavy atom. The van der Waals surface area contributed by atoms with Crippen molar-refractivity contribution in [3.63, 3.8) is 0 Å². The minimum absolute atomic E-state index is 0.150. The van der Waals surface area contributed by atoms with Crippen molar-refractivity contribution in [2.24, 2.45) is 0 Å². The van der Waals surface area contributed by atoms with Crippen molar-refractivity contribution in [3.8, 4) is 0 Å². The van der Waals surface area contributed by atoms with Gasteiger partial charge < -0.3 is 0 Å². The lowest BCUT2D eigenvalue weighted by atomic mass is 9.83. The van der Waals surface area contributed by atoms with Crippen molar-refractivity contribution in [3.05, 3.63) is 35.4 Å². The molecule has 1 aromatic carbocycles. The Morgan fingerprint density at radius 1 is 0.654 bits per heavy atom. The van der Waals surface area contributed by atoms with Crippen molar-refractivity contribution < 1.29 is 0 Å². The van der Waals surface area contributed by atoms with Gasteiger partial charge in [-0.05, 0) is 36.8 Å². The molecule has 0 atom stereocenters. The lowest BCUT2D eigenvalue weighted by Gasteiger charge is -2.30. The van der Waals surface area contributed by atoms with Crippen LogP contribution in [0, 0.1) is 0 Å². The van der Waals surface area contributed by atoms with Gasteiger partial charge in [-0.25, -0.2) is 0 Å². The Kier molecular flexibility index (Phi) is 13.2. The third-order valence-electron chi connectivity index (χ3n) is 5.65. The molecule has 0 saturated heterocycles. The summed E-state index contributed by atoms with van der Waals surface area (Å²) in [6, 6.07) is 9.04. The second-order valence-corrected chi connectivity index (χ2v) is 8.78. The summed E-state index contributed by atoms with van der Waals surface area (Å²) < 4.78 is 0. The molecule has 0 heterocycles. The zero-order valence-corrected chi connectivity index (χ0v) is 18.5. The molecule has 0 fully saturated rings. The molecule has 0 bridgehead atoms. The van der Waals surface area contributed by atoms with Crippen LogP contribution in [-0.4, -0.2) is 0 Å². The smallest absolute Gasteiger partial charge is 0.0697 e. The average molecular weight is 379 g/mol. The Hall–Kier alpha value is -0.490. The zero-order valence-electron chi connectivity index (χ0n) is 17.8. The first-order valence-corrected chi connectivity index (χ1v) is 11.8. The number of aryl methyl sites for hydroxylation is 1. The van der Waals surface area contributed by atoms with Crippen LogP contribution in [0.3, 0.4) is 0 Å². The summed E-state index contributed by atoms with van der Waals surface area (Å²) in [5, 5.41) is 0. The minimum atomic E-state index is -0.150. The van der Waals surface area contributed by atoms with E-state index in [1.54, 1.807) is 0 Å². The van der Waals surface area contributed by atoms with Crippen molar-refractivity contribution >= 4 is 11.6 Å². The van der Waals surface area contributed by atoms with Gasteiger partial charge >= 0.3 is 0 Å². The maximum atomic E-state index is 7.37. The van der Waals surface area contributed by atoms with Gasteiger partial charge in [0.1, 0.15) is 0 Å². The molecular formula is C25H43Cl. The molecule has 26 heavy (non-hydrogen) atoms. The largest absolute Gasteiger partial charge is 0.114 e. The molecule has 0 aliphatic carbocycles. The molecule has 0 amide bonds. The summed E-state index contributed by atoms with van der Waals surface area (Å²) >= 11 is 7.37. The summed E-state index contributed by atoms with van der Waals surface area (Å²) in [6.45, 7) is 6.85. The van der Waals surface area contributed by atoms with Gasteiger partial charge in [0.25, 0.3) is 0 Å². The molecule has 1 rings (SSSR count). The molecule has 0 N–H and O–H groups in total. The number of rotatable bonds is 16. The zero-order chi connectivity index (χ0) is 19.1. The van der Waals surface area contributed by atoms with E-state index < -0.39 is 0 Å². The molecule has 0 radical (unpaired) electrons. The number of alkyl halides is 1. The summed E-state index contributed by atoms with van der Waals surface area (Å²) in [6.07, 6.45) is 19.1. The quantitative estimate of drug-likeness (QED) is 0.198. The van der Waals surface area contributed by atoms with Crippen molar-refractivity contribution in [1.82, 2.24) is 0 Å². The van der Waals surface area contributed by atoms with Crippen LogP contribution in [0.1, 0.15) is 122 Å². The third kappa shape index (κ3) is 8.94. The second-order valence-electron chi connectivity index (χ2n) is 8.05. The molecule has 1 heteroatoms. The van der Waals surface area contributed by atoms with Crippen LogP contribution < -0.4 is 0 Å². The fourth-order valence-electron chi connectivity index (χ4n) is 3.98. The minimum Gasteiger partial charge on any atom is -0.114 e. The molecule has 0 aliphatic heterocycles. The fourth-order valence-corrected chi connectivity index (χ4v) is 4.43.